The molecule has 0 saturated heterocycles. The first-order valence-corrected chi connectivity index (χ1v) is 12.1. The largest absolute Gasteiger partial charge is 0.549 e. The van der Waals surface area contributed by atoms with Gasteiger partial charge in [-0.1, -0.05) is 61.2 Å². The van der Waals surface area contributed by atoms with Gasteiger partial charge in [0.15, 0.2) is 0 Å². The van der Waals surface area contributed by atoms with Crippen LogP contribution >= 0.6 is 22.6 Å². The third-order valence-electron chi connectivity index (χ3n) is 4.95. The molecule has 0 spiro atoms. The maximum absolute atomic E-state index is 11.6. The molecule has 0 aliphatic rings. The average Bonchev–Trinajstić information content (AvgIpc) is 2.74. The molecule has 0 fully saturated rings. The smallest absolute Gasteiger partial charge is 0.146 e. The molecule has 11 heteroatoms. The Labute approximate surface area is 214 Å². The molecule has 0 heterocycles. The Morgan fingerprint density at radius 1 is 0.735 bits per heavy atom. The zero-order valence-corrected chi connectivity index (χ0v) is 20.8. The molecule has 0 saturated carbocycles. The van der Waals surface area contributed by atoms with Crippen LogP contribution in [-0.4, -0.2) is 95.2 Å². The van der Waals surface area contributed by atoms with Gasteiger partial charge in [0.2, 0.25) is 0 Å². The molecule has 10 nitrogen and oxygen atoms in total. The number of nitrogens with zero attached hydrogens (tertiary/aromatic N) is 3. The van der Waals surface area contributed by atoms with Crippen molar-refractivity contribution in [3.05, 3.63) is 35.4 Å². The van der Waals surface area contributed by atoms with Gasteiger partial charge < -0.3 is 29.7 Å². The van der Waals surface area contributed by atoms with Crippen molar-refractivity contribution >= 4 is 46.3 Å². The molecule has 192 valence electrons. The molecule has 0 amide bonds. The zero-order chi connectivity index (χ0) is 24.8. The van der Waals surface area contributed by atoms with Crippen LogP contribution in [-0.2, 0) is 32.1 Å². The van der Waals surface area contributed by atoms with E-state index in [9.17, 15) is 34.5 Å². The van der Waals surface area contributed by atoms with E-state index < -0.39 is 17.9 Å². The van der Waals surface area contributed by atoms with Crippen molar-refractivity contribution in [1.82, 2.24) is 14.7 Å². The molecule has 0 aliphatic carbocycles. The number of rotatable bonds is 18. The van der Waals surface area contributed by atoms with Gasteiger partial charge in [-0.25, -0.2) is 0 Å². The third-order valence-corrected chi connectivity index (χ3v) is 5.80. The molecule has 0 bridgehead atoms. The molecule has 1 aromatic rings. The van der Waals surface area contributed by atoms with Crippen LogP contribution in [0.5, 0.6) is 0 Å². The fraction of sp³-hybridized carbons (Fsp3) is 0.565. The number of hydrogen-bond donors (Lipinski definition) is 0. The van der Waals surface area contributed by atoms with Gasteiger partial charge in [0.25, 0.3) is 0 Å². The van der Waals surface area contributed by atoms with Gasteiger partial charge in [-0.15, -0.1) is 0 Å². The van der Waals surface area contributed by atoms with E-state index in [2.05, 4.69) is 0 Å². The Kier molecular flexibility index (Phi) is 16.3. The monoisotopic (exact) mass is 590 g/mol. The molecular formula is C23H33IN3O7-3. The first-order valence-electron chi connectivity index (χ1n) is 10.5. The second-order valence-corrected chi connectivity index (χ2v) is 8.40. The molecule has 1 aromatic carbocycles. The summed E-state index contributed by atoms with van der Waals surface area (Å²) in [6, 6.07) is 7.32. The average molecular weight is 590 g/mol. The van der Waals surface area contributed by atoms with Crippen molar-refractivity contribution in [2.24, 2.45) is 0 Å². The van der Waals surface area contributed by atoms with E-state index in [0.717, 1.165) is 11.1 Å². The number of hydrogen-bond acceptors (Lipinski definition) is 10. The minimum absolute atomic E-state index is 0. The molecule has 34 heavy (non-hydrogen) atoms. The topological polar surface area (TPSA) is 147 Å². The Morgan fingerprint density at radius 2 is 1.15 bits per heavy atom. The normalized spacial score (nSPS) is 11.0. The summed E-state index contributed by atoms with van der Waals surface area (Å²) < 4.78 is 0.435. The lowest BCUT2D eigenvalue weighted by Gasteiger charge is -2.30. The predicted octanol–water partition coefficient (Wildman–Crippen LogP) is -2.46. The van der Waals surface area contributed by atoms with E-state index in [0.29, 0.717) is 30.5 Å². The number of ketones is 1. The van der Waals surface area contributed by atoms with Gasteiger partial charge in [-0.2, -0.15) is 0 Å². The molecule has 1 rings (SSSR count). The van der Waals surface area contributed by atoms with Crippen molar-refractivity contribution in [3.63, 3.8) is 0 Å². The Bertz CT molecular complexity index is 789. The highest BCUT2D eigenvalue weighted by Crippen LogP contribution is 2.09. The van der Waals surface area contributed by atoms with E-state index in [1.807, 2.05) is 46.9 Å². The highest BCUT2D eigenvalue weighted by molar-refractivity contribution is 14.1. The first-order chi connectivity index (χ1) is 15.6. The maximum atomic E-state index is 11.6. The number of carbonyl (C=O) groups excluding carboxylic acids is 4. The van der Waals surface area contributed by atoms with Crippen LogP contribution in [0, 0.1) is 0 Å². The zero-order valence-electron chi connectivity index (χ0n) is 18.7. The van der Waals surface area contributed by atoms with Crippen LogP contribution < -0.4 is 15.3 Å². The summed E-state index contributed by atoms with van der Waals surface area (Å²) >= 11 is 2.02. The number of likely N-dealkylation sites (N-methyl/N-ethyl adjacent to an activating group) is 1. The Morgan fingerprint density at radius 3 is 1.62 bits per heavy atom. The number of aliphatic carboxylic acids is 3. The number of benzene rings is 1. The molecular weight excluding hydrogens is 557 g/mol. The van der Waals surface area contributed by atoms with E-state index in [1.165, 1.54) is 0 Å². The summed E-state index contributed by atoms with van der Waals surface area (Å²) in [5.41, 5.74) is 1.73. The van der Waals surface area contributed by atoms with Gasteiger partial charge in [0, 0.05) is 58.8 Å². The molecule has 0 radical (unpaired) electrons. The highest BCUT2D eigenvalue weighted by atomic mass is 127. The number of carbonyl (C=O) groups is 4. The van der Waals surface area contributed by atoms with E-state index >= 15 is 0 Å². The van der Waals surface area contributed by atoms with Gasteiger partial charge in [0.1, 0.15) is 5.78 Å². The lowest BCUT2D eigenvalue weighted by atomic mass is 10.1. The third kappa shape index (κ3) is 14.2. The second kappa shape index (κ2) is 17.4. The summed E-state index contributed by atoms with van der Waals surface area (Å²) in [4.78, 5) is 49.6. The van der Waals surface area contributed by atoms with Crippen molar-refractivity contribution in [1.29, 1.82) is 0 Å². The Balaban J connectivity index is 0.0000109. The standard InChI is InChI=1S/C22H32IN3O7.CH4/c1-2-24(14-20(28)29)7-8-25(15-21(30)31)9-10-26(16-22(32)33)13-18-5-3-17(4-6-18)11-19(27)12-23;/h3-6H,2,7-16H2,1H3,(H,28,29)(H,30,31)(H,32,33);1H4/p-3. The van der Waals surface area contributed by atoms with Crippen LogP contribution in [0.15, 0.2) is 24.3 Å². The highest BCUT2D eigenvalue weighted by Gasteiger charge is 2.13. The number of carboxylic acid groups (broad SMARTS) is 3. The summed E-state index contributed by atoms with van der Waals surface area (Å²) in [5, 5.41) is 33.2. The van der Waals surface area contributed by atoms with Crippen LogP contribution in [0.25, 0.3) is 0 Å². The van der Waals surface area contributed by atoms with E-state index in [1.54, 1.807) is 21.6 Å². The van der Waals surface area contributed by atoms with Crippen LogP contribution in [0.4, 0.5) is 0 Å². The van der Waals surface area contributed by atoms with Crippen molar-refractivity contribution < 1.29 is 34.5 Å². The molecule has 0 N–H and O–H groups in total. The summed E-state index contributed by atoms with van der Waals surface area (Å²) in [7, 11) is 0. The molecule has 0 unspecified atom stereocenters. The van der Waals surface area contributed by atoms with E-state index in [4.69, 9.17) is 0 Å². The lowest BCUT2D eigenvalue weighted by molar-refractivity contribution is -0.308. The van der Waals surface area contributed by atoms with Crippen molar-refractivity contribution in [3.8, 4) is 0 Å². The Hall–Kier alpha value is -2.09. The minimum Gasteiger partial charge on any atom is -0.549 e. The minimum atomic E-state index is -1.28. The van der Waals surface area contributed by atoms with Crippen LogP contribution in [0.1, 0.15) is 25.5 Å². The van der Waals surface area contributed by atoms with Crippen molar-refractivity contribution in [2.45, 2.75) is 27.3 Å². The van der Waals surface area contributed by atoms with Crippen LogP contribution in [0.3, 0.4) is 0 Å². The summed E-state index contributed by atoms with van der Waals surface area (Å²) in [5.74, 6) is -3.62. The molecule has 0 aliphatic heterocycles. The van der Waals surface area contributed by atoms with Gasteiger partial charge in [0.05, 0.1) is 22.3 Å². The lowest BCUT2D eigenvalue weighted by Crippen LogP contribution is -2.47. The first kappa shape index (κ1) is 31.9. The summed E-state index contributed by atoms with van der Waals surface area (Å²) in [6.45, 7) is 2.69. The second-order valence-electron chi connectivity index (χ2n) is 7.64. The number of carboxylic acids is 3. The maximum Gasteiger partial charge on any atom is 0.146 e. The van der Waals surface area contributed by atoms with E-state index in [-0.39, 0.29) is 52.5 Å². The van der Waals surface area contributed by atoms with Gasteiger partial charge >= 0.3 is 0 Å². The van der Waals surface area contributed by atoms with Gasteiger partial charge in [-0.05, 0) is 17.7 Å². The predicted molar refractivity (Wildman–Crippen MR) is 130 cm³/mol. The molecule has 0 aromatic heterocycles. The van der Waals surface area contributed by atoms with Crippen molar-refractivity contribution in [2.75, 3.05) is 56.8 Å². The fourth-order valence-corrected chi connectivity index (χ4v) is 3.51. The SMILES string of the molecule is C.CCN(CCN(CCN(CC(=O)[O-])Cc1ccc(CC(=O)CI)cc1)CC(=O)[O-])CC(=O)[O-]. The quantitative estimate of drug-likeness (QED) is 0.133. The van der Waals surface area contributed by atoms with Gasteiger partial charge in [-0.3, -0.25) is 19.5 Å². The number of halogens is 1. The van der Waals surface area contributed by atoms with Crippen LogP contribution in [0.2, 0.25) is 0 Å². The number of Topliss-reactive ketones (excluding diaryl/α,β-unsaturated/α-hetero) is 1. The fourth-order valence-electron chi connectivity index (χ4n) is 3.24. The summed E-state index contributed by atoms with van der Waals surface area (Å²) in [6.07, 6.45) is 0.344. The molecule has 0 atom stereocenters. The number of alkyl halides is 1.